The molecule has 3 atom stereocenters. The van der Waals surface area contributed by atoms with Gasteiger partial charge in [0.05, 0.1) is 12.2 Å². The van der Waals surface area contributed by atoms with Crippen molar-refractivity contribution < 1.29 is 9.53 Å². The number of rotatable bonds is 3. The minimum absolute atomic E-state index is 0.0519. The molecule has 1 aromatic rings. The van der Waals surface area contributed by atoms with Crippen LogP contribution >= 0.6 is 0 Å². The SMILES string of the molecule is CCC(=O)C(C)C1OC(C)Cc2ccccc21. The third-order valence-corrected chi connectivity index (χ3v) is 3.56. The summed E-state index contributed by atoms with van der Waals surface area (Å²) in [6, 6.07) is 8.31. The Morgan fingerprint density at radius 1 is 1.47 bits per heavy atom. The first kappa shape index (κ1) is 12.3. The third-order valence-electron chi connectivity index (χ3n) is 3.56. The molecule has 3 unspecified atom stereocenters. The Hall–Kier alpha value is -1.15. The smallest absolute Gasteiger partial charge is 0.138 e. The Labute approximate surface area is 103 Å². The third kappa shape index (κ3) is 2.42. The Bertz CT molecular complexity index is 411. The fourth-order valence-electron chi connectivity index (χ4n) is 2.56. The summed E-state index contributed by atoms with van der Waals surface area (Å²) in [5.41, 5.74) is 2.52. The minimum Gasteiger partial charge on any atom is -0.369 e. The van der Waals surface area contributed by atoms with Crippen LogP contribution in [0.1, 0.15) is 44.4 Å². The zero-order chi connectivity index (χ0) is 12.4. The maximum absolute atomic E-state index is 11.8. The van der Waals surface area contributed by atoms with Crippen molar-refractivity contribution in [2.24, 2.45) is 5.92 Å². The van der Waals surface area contributed by atoms with Crippen LogP contribution in [-0.4, -0.2) is 11.9 Å². The molecule has 17 heavy (non-hydrogen) atoms. The highest BCUT2D eigenvalue weighted by Gasteiger charge is 2.31. The quantitative estimate of drug-likeness (QED) is 0.799. The number of ether oxygens (including phenoxy) is 1. The van der Waals surface area contributed by atoms with Crippen molar-refractivity contribution in [2.75, 3.05) is 0 Å². The van der Waals surface area contributed by atoms with E-state index >= 15 is 0 Å². The molecule has 1 aliphatic heterocycles. The van der Waals surface area contributed by atoms with E-state index in [4.69, 9.17) is 4.74 Å². The predicted molar refractivity (Wildman–Crippen MR) is 67.9 cm³/mol. The molecule has 0 spiro atoms. The molecule has 0 aromatic heterocycles. The van der Waals surface area contributed by atoms with Gasteiger partial charge in [0.2, 0.25) is 0 Å². The molecule has 0 saturated heterocycles. The molecular formula is C15H20O2. The Morgan fingerprint density at radius 3 is 2.88 bits per heavy atom. The van der Waals surface area contributed by atoms with Gasteiger partial charge in [0.15, 0.2) is 0 Å². The van der Waals surface area contributed by atoms with Gasteiger partial charge in [-0.15, -0.1) is 0 Å². The normalized spacial score (nSPS) is 25.1. The van der Waals surface area contributed by atoms with Crippen molar-refractivity contribution in [3.05, 3.63) is 35.4 Å². The molecule has 1 aliphatic rings. The van der Waals surface area contributed by atoms with E-state index in [1.165, 1.54) is 11.1 Å². The van der Waals surface area contributed by atoms with Gasteiger partial charge in [0.1, 0.15) is 5.78 Å². The van der Waals surface area contributed by atoms with Crippen LogP contribution in [0.3, 0.4) is 0 Å². The van der Waals surface area contributed by atoms with E-state index in [0.717, 1.165) is 6.42 Å². The van der Waals surface area contributed by atoms with Crippen molar-refractivity contribution in [1.82, 2.24) is 0 Å². The Balaban J connectivity index is 2.32. The molecule has 0 fully saturated rings. The van der Waals surface area contributed by atoms with Crippen LogP contribution in [0.15, 0.2) is 24.3 Å². The topological polar surface area (TPSA) is 26.3 Å². The molecule has 0 radical (unpaired) electrons. The monoisotopic (exact) mass is 232 g/mol. The highest BCUT2D eigenvalue weighted by molar-refractivity contribution is 5.81. The lowest BCUT2D eigenvalue weighted by Crippen LogP contribution is -2.30. The van der Waals surface area contributed by atoms with Gasteiger partial charge in [0, 0.05) is 12.3 Å². The minimum atomic E-state index is -0.0672. The van der Waals surface area contributed by atoms with Crippen molar-refractivity contribution in [1.29, 1.82) is 0 Å². The largest absolute Gasteiger partial charge is 0.369 e. The van der Waals surface area contributed by atoms with Crippen molar-refractivity contribution >= 4 is 5.78 Å². The second-order valence-electron chi connectivity index (χ2n) is 4.88. The Kier molecular flexibility index (Phi) is 3.63. The van der Waals surface area contributed by atoms with Gasteiger partial charge in [-0.1, -0.05) is 38.1 Å². The summed E-state index contributed by atoms with van der Waals surface area (Å²) in [7, 11) is 0. The van der Waals surface area contributed by atoms with E-state index in [-0.39, 0.29) is 23.9 Å². The van der Waals surface area contributed by atoms with Crippen molar-refractivity contribution in [2.45, 2.75) is 45.8 Å². The molecule has 2 heteroatoms. The van der Waals surface area contributed by atoms with Gasteiger partial charge in [-0.25, -0.2) is 0 Å². The molecule has 92 valence electrons. The Morgan fingerprint density at radius 2 is 2.18 bits per heavy atom. The lowest BCUT2D eigenvalue weighted by atomic mass is 9.86. The highest BCUT2D eigenvalue weighted by atomic mass is 16.5. The molecule has 2 rings (SSSR count). The molecule has 0 aliphatic carbocycles. The lowest BCUT2D eigenvalue weighted by molar-refractivity contribution is -0.130. The van der Waals surface area contributed by atoms with E-state index < -0.39 is 0 Å². The second kappa shape index (κ2) is 5.01. The first-order chi connectivity index (χ1) is 8.13. The van der Waals surface area contributed by atoms with Crippen LogP contribution < -0.4 is 0 Å². The van der Waals surface area contributed by atoms with Crippen LogP contribution in [-0.2, 0) is 16.0 Å². The fourth-order valence-corrected chi connectivity index (χ4v) is 2.56. The van der Waals surface area contributed by atoms with Gasteiger partial charge in [-0.05, 0) is 24.5 Å². The maximum Gasteiger partial charge on any atom is 0.138 e. The predicted octanol–water partition coefficient (Wildman–Crippen LogP) is 3.30. The number of carbonyl (C=O) groups excluding carboxylic acids is 1. The van der Waals surface area contributed by atoms with Crippen molar-refractivity contribution in [3.63, 3.8) is 0 Å². The molecule has 1 aromatic carbocycles. The molecular weight excluding hydrogens is 212 g/mol. The highest BCUT2D eigenvalue weighted by Crippen LogP contribution is 2.35. The lowest BCUT2D eigenvalue weighted by Gasteiger charge is -2.33. The van der Waals surface area contributed by atoms with Gasteiger partial charge < -0.3 is 4.74 Å². The molecule has 0 N–H and O–H groups in total. The average Bonchev–Trinajstić information content (AvgIpc) is 2.35. The summed E-state index contributed by atoms with van der Waals surface area (Å²) in [5.74, 6) is 0.225. The van der Waals surface area contributed by atoms with E-state index in [2.05, 4.69) is 25.1 Å². The molecule has 2 nitrogen and oxygen atoms in total. The van der Waals surface area contributed by atoms with Crippen LogP contribution in [0.25, 0.3) is 0 Å². The second-order valence-corrected chi connectivity index (χ2v) is 4.88. The van der Waals surface area contributed by atoms with Crippen LogP contribution in [0.4, 0.5) is 0 Å². The number of fused-ring (bicyclic) bond motifs is 1. The maximum atomic E-state index is 11.8. The van der Waals surface area contributed by atoms with Gasteiger partial charge in [0.25, 0.3) is 0 Å². The first-order valence-corrected chi connectivity index (χ1v) is 6.39. The number of hydrogen-bond acceptors (Lipinski definition) is 2. The van der Waals surface area contributed by atoms with E-state index in [1.54, 1.807) is 0 Å². The molecule has 0 bridgehead atoms. The van der Waals surface area contributed by atoms with Crippen LogP contribution in [0.5, 0.6) is 0 Å². The van der Waals surface area contributed by atoms with Gasteiger partial charge in [-0.3, -0.25) is 4.79 Å². The number of benzene rings is 1. The number of ketones is 1. The molecule has 1 heterocycles. The summed E-state index contributed by atoms with van der Waals surface area (Å²) >= 11 is 0. The van der Waals surface area contributed by atoms with E-state index in [0.29, 0.717) is 6.42 Å². The summed E-state index contributed by atoms with van der Waals surface area (Å²) < 4.78 is 5.98. The fraction of sp³-hybridized carbons (Fsp3) is 0.533. The van der Waals surface area contributed by atoms with Crippen LogP contribution in [0.2, 0.25) is 0 Å². The summed E-state index contributed by atoms with van der Waals surface area (Å²) in [4.78, 5) is 11.8. The summed E-state index contributed by atoms with van der Waals surface area (Å²) in [5, 5.41) is 0. The molecule has 0 saturated carbocycles. The van der Waals surface area contributed by atoms with Crippen molar-refractivity contribution in [3.8, 4) is 0 Å². The zero-order valence-corrected chi connectivity index (χ0v) is 10.8. The average molecular weight is 232 g/mol. The van der Waals surface area contributed by atoms with E-state index in [1.807, 2.05) is 19.9 Å². The van der Waals surface area contributed by atoms with Gasteiger partial charge >= 0.3 is 0 Å². The first-order valence-electron chi connectivity index (χ1n) is 6.39. The van der Waals surface area contributed by atoms with Crippen LogP contribution in [0, 0.1) is 5.92 Å². The van der Waals surface area contributed by atoms with Gasteiger partial charge in [-0.2, -0.15) is 0 Å². The number of carbonyl (C=O) groups is 1. The van der Waals surface area contributed by atoms with E-state index in [9.17, 15) is 4.79 Å². The standard InChI is InChI=1S/C15H20O2/c1-4-14(16)11(3)15-13-8-6-5-7-12(13)9-10(2)17-15/h5-8,10-11,15H,4,9H2,1-3H3. The zero-order valence-electron chi connectivity index (χ0n) is 10.8. The number of Topliss-reactive ketones (excluding diaryl/α,β-unsaturated/α-hetero) is 1. The summed E-state index contributed by atoms with van der Waals surface area (Å²) in [6.07, 6.45) is 1.65. The summed E-state index contributed by atoms with van der Waals surface area (Å²) in [6.45, 7) is 5.97. The number of hydrogen-bond donors (Lipinski definition) is 0. The molecule has 0 amide bonds.